The Hall–Kier alpha value is -2.47. The van der Waals surface area contributed by atoms with Crippen LogP contribution in [0.1, 0.15) is 34.7 Å². The zero-order valence-corrected chi connectivity index (χ0v) is 14.6. The number of nitrogens with zero attached hydrogens (tertiary/aromatic N) is 1. The molecule has 3 rings (SSSR count). The maximum absolute atomic E-state index is 12.4. The second-order valence-electron chi connectivity index (χ2n) is 6.50. The Morgan fingerprint density at radius 1 is 1.15 bits per heavy atom. The van der Waals surface area contributed by atoms with Gasteiger partial charge in [0.05, 0.1) is 18.8 Å². The Morgan fingerprint density at radius 3 is 2.65 bits per heavy atom. The van der Waals surface area contributed by atoms with Crippen molar-refractivity contribution in [2.45, 2.75) is 31.3 Å². The summed E-state index contributed by atoms with van der Waals surface area (Å²) in [7, 11) is 0. The molecular formula is C20H23FN2O3. The summed E-state index contributed by atoms with van der Waals surface area (Å²) >= 11 is 0. The van der Waals surface area contributed by atoms with Crippen molar-refractivity contribution in [2.75, 3.05) is 19.9 Å². The molecule has 5 nitrogen and oxygen atoms in total. The van der Waals surface area contributed by atoms with E-state index in [1.54, 1.807) is 0 Å². The largest absolute Gasteiger partial charge is 0.377 e. The lowest BCUT2D eigenvalue weighted by atomic mass is 9.76. The number of aromatic nitrogens is 1. The van der Waals surface area contributed by atoms with Gasteiger partial charge >= 0.3 is 0 Å². The molecule has 0 unspecified atom stereocenters. The summed E-state index contributed by atoms with van der Waals surface area (Å²) < 4.78 is 18.5. The first kappa shape index (κ1) is 18.3. The molecule has 1 aliphatic rings. The molecule has 1 aromatic heterocycles. The molecule has 1 heterocycles. The van der Waals surface area contributed by atoms with Crippen LogP contribution in [0.5, 0.6) is 0 Å². The number of nitrogens with one attached hydrogen (secondary N) is 1. The van der Waals surface area contributed by atoms with Crippen molar-refractivity contribution in [3.63, 3.8) is 0 Å². The third-order valence-electron chi connectivity index (χ3n) is 4.69. The summed E-state index contributed by atoms with van der Waals surface area (Å²) in [6, 6.07) is 13.3. The number of rotatable bonds is 8. The minimum atomic E-state index is -0.553. The van der Waals surface area contributed by atoms with Gasteiger partial charge in [0.25, 0.3) is 11.5 Å². The minimum absolute atomic E-state index is 0.0131. The molecule has 0 saturated heterocycles. The fourth-order valence-corrected chi connectivity index (χ4v) is 3.16. The Bertz CT molecular complexity index is 785. The molecule has 1 aliphatic carbocycles. The third-order valence-corrected chi connectivity index (χ3v) is 4.69. The Kier molecular flexibility index (Phi) is 6.17. The van der Waals surface area contributed by atoms with Crippen molar-refractivity contribution in [3.8, 4) is 0 Å². The van der Waals surface area contributed by atoms with Gasteiger partial charge < -0.3 is 14.6 Å². The second kappa shape index (κ2) is 8.76. The Morgan fingerprint density at radius 2 is 1.92 bits per heavy atom. The van der Waals surface area contributed by atoms with Gasteiger partial charge in [0.1, 0.15) is 6.67 Å². The molecule has 1 aromatic carbocycles. The van der Waals surface area contributed by atoms with E-state index in [1.807, 2.05) is 18.2 Å². The van der Waals surface area contributed by atoms with Crippen LogP contribution in [-0.4, -0.2) is 36.4 Å². The van der Waals surface area contributed by atoms with E-state index >= 15 is 0 Å². The molecule has 0 radical (unpaired) electrons. The van der Waals surface area contributed by atoms with E-state index in [0.717, 1.165) is 12.8 Å². The van der Waals surface area contributed by atoms with E-state index in [1.165, 1.54) is 28.5 Å². The highest BCUT2D eigenvalue weighted by atomic mass is 19.1. The first-order valence-electron chi connectivity index (χ1n) is 8.87. The van der Waals surface area contributed by atoms with Gasteiger partial charge in [-0.05, 0) is 30.4 Å². The molecule has 0 atom stereocenters. The Balaban J connectivity index is 1.53. The number of ether oxygens (including phenoxy) is 1. The maximum atomic E-state index is 12.4. The summed E-state index contributed by atoms with van der Waals surface area (Å²) in [6.07, 6.45) is 3.38. The summed E-state index contributed by atoms with van der Waals surface area (Å²) in [4.78, 5) is 24.3. The number of hydrogen-bond acceptors (Lipinski definition) is 3. The van der Waals surface area contributed by atoms with Gasteiger partial charge in [-0.2, -0.15) is 0 Å². The zero-order valence-electron chi connectivity index (χ0n) is 14.6. The van der Waals surface area contributed by atoms with Crippen molar-refractivity contribution in [2.24, 2.45) is 0 Å². The third kappa shape index (κ3) is 4.58. The minimum Gasteiger partial charge on any atom is -0.377 e. The highest BCUT2D eigenvalue weighted by Crippen LogP contribution is 2.36. The number of carbonyl (C=O) groups excluding carboxylic acids is 1. The van der Waals surface area contributed by atoms with Crippen LogP contribution < -0.4 is 10.9 Å². The zero-order chi connectivity index (χ0) is 18.4. The van der Waals surface area contributed by atoms with Gasteiger partial charge in [-0.15, -0.1) is 0 Å². The molecular weight excluding hydrogens is 335 g/mol. The number of benzene rings is 1. The highest BCUT2D eigenvalue weighted by molar-refractivity contribution is 5.94. The fourth-order valence-electron chi connectivity index (χ4n) is 3.16. The second-order valence-corrected chi connectivity index (χ2v) is 6.50. The van der Waals surface area contributed by atoms with Crippen molar-refractivity contribution < 1.29 is 13.9 Å². The van der Waals surface area contributed by atoms with E-state index in [9.17, 15) is 14.0 Å². The van der Waals surface area contributed by atoms with Gasteiger partial charge in [-0.3, -0.25) is 9.59 Å². The highest BCUT2D eigenvalue weighted by Gasteiger charge is 2.31. The van der Waals surface area contributed by atoms with Crippen LogP contribution in [0.2, 0.25) is 0 Å². The summed E-state index contributed by atoms with van der Waals surface area (Å²) in [5, 5.41) is 3.02. The van der Waals surface area contributed by atoms with Crippen LogP contribution in [0.4, 0.5) is 4.39 Å². The summed E-state index contributed by atoms with van der Waals surface area (Å²) in [5.41, 5.74) is 1.54. The SMILES string of the molecule is O=C(NC1CC(c2ccccc2)C1)c1ccc(=O)n(CCOCCF)c1. The van der Waals surface area contributed by atoms with Crippen LogP contribution in [0.25, 0.3) is 0 Å². The first-order chi connectivity index (χ1) is 12.7. The molecule has 6 heteroatoms. The van der Waals surface area contributed by atoms with Crippen LogP contribution >= 0.6 is 0 Å². The summed E-state index contributed by atoms with van der Waals surface area (Å²) in [5.74, 6) is 0.308. The van der Waals surface area contributed by atoms with E-state index < -0.39 is 6.67 Å². The number of halogens is 1. The fraction of sp³-hybridized carbons (Fsp3) is 0.400. The Labute approximate surface area is 151 Å². The topological polar surface area (TPSA) is 60.3 Å². The van der Waals surface area contributed by atoms with Crippen LogP contribution in [-0.2, 0) is 11.3 Å². The van der Waals surface area contributed by atoms with E-state index in [4.69, 9.17) is 4.74 Å². The predicted octanol–water partition coefficient (Wildman–Crippen LogP) is 2.51. The van der Waals surface area contributed by atoms with Crippen molar-refractivity contribution in [1.82, 2.24) is 9.88 Å². The van der Waals surface area contributed by atoms with Crippen LogP contribution in [0, 0.1) is 0 Å². The quantitative estimate of drug-likeness (QED) is 0.738. The lowest BCUT2D eigenvalue weighted by Gasteiger charge is -2.36. The van der Waals surface area contributed by atoms with E-state index in [2.05, 4.69) is 17.4 Å². The molecule has 0 aliphatic heterocycles. The average Bonchev–Trinajstić information content (AvgIpc) is 2.63. The molecule has 0 spiro atoms. The smallest absolute Gasteiger partial charge is 0.252 e. The van der Waals surface area contributed by atoms with Crippen molar-refractivity contribution in [3.05, 3.63) is 70.1 Å². The molecule has 1 N–H and O–H groups in total. The number of alkyl halides is 1. The predicted molar refractivity (Wildman–Crippen MR) is 97.2 cm³/mol. The van der Waals surface area contributed by atoms with Gasteiger partial charge in [0.2, 0.25) is 0 Å². The van der Waals surface area contributed by atoms with E-state index in [-0.39, 0.29) is 30.7 Å². The van der Waals surface area contributed by atoms with Crippen molar-refractivity contribution >= 4 is 5.91 Å². The molecule has 2 aromatic rings. The first-order valence-corrected chi connectivity index (χ1v) is 8.87. The molecule has 138 valence electrons. The average molecular weight is 358 g/mol. The van der Waals surface area contributed by atoms with Gasteiger partial charge in [0.15, 0.2) is 0 Å². The number of carbonyl (C=O) groups is 1. The molecule has 1 fully saturated rings. The van der Waals surface area contributed by atoms with E-state index in [0.29, 0.717) is 18.0 Å². The lowest BCUT2D eigenvalue weighted by Crippen LogP contribution is -2.43. The van der Waals surface area contributed by atoms with Gasteiger partial charge in [0, 0.05) is 24.8 Å². The molecule has 0 bridgehead atoms. The summed E-state index contributed by atoms with van der Waals surface area (Å²) in [6.45, 7) is -0.0162. The van der Waals surface area contributed by atoms with Gasteiger partial charge in [-0.1, -0.05) is 30.3 Å². The number of amides is 1. The van der Waals surface area contributed by atoms with Crippen molar-refractivity contribution in [1.29, 1.82) is 0 Å². The van der Waals surface area contributed by atoms with Crippen LogP contribution in [0.3, 0.4) is 0 Å². The standard InChI is InChI=1S/C20H23FN2O3/c21-8-10-26-11-9-23-14-16(6-7-19(23)24)20(25)22-18-12-17(13-18)15-4-2-1-3-5-15/h1-7,14,17-18H,8-13H2,(H,22,25). The lowest BCUT2D eigenvalue weighted by molar-refractivity contribution is 0.0906. The normalized spacial score (nSPS) is 19.0. The molecule has 1 amide bonds. The maximum Gasteiger partial charge on any atom is 0.252 e. The van der Waals surface area contributed by atoms with Gasteiger partial charge in [-0.25, -0.2) is 4.39 Å². The van der Waals surface area contributed by atoms with Crippen LogP contribution in [0.15, 0.2) is 53.5 Å². The number of pyridine rings is 1. The molecule has 26 heavy (non-hydrogen) atoms. The number of hydrogen-bond donors (Lipinski definition) is 1. The monoisotopic (exact) mass is 358 g/mol. The molecule has 1 saturated carbocycles.